The zero-order chi connectivity index (χ0) is 22.3. The quantitative estimate of drug-likeness (QED) is 0.611. The maximum absolute atomic E-state index is 12.5. The molecule has 2 atom stereocenters. The number of benzene rings is 3. The molecular weight excluding hydrogens is 406 g/mol. The van der Waals surface area contributed by atoms with Crippen molar-refractivity contribution in [2.75, 3.05) is 17.2 Å². The van der Waals surface area contributed by atoms with Crippen molar-refractivity contribution in [2.45, 2.75) is 19.1 Å². The average Bonchev–Trinajstić information content (AvgIpc) is 2.81. The van der Waals surface area contributed by atoms with Crippen LogP contribution in [-0.2, 0) is 14.3 Å². The van der Waals surface area contributed by atoms with E-state index in [0.29, 0.717) is 17.3 Å². The van der Waals surface area contributed by atoms with E-state index in [1.165, 1.54) is 6.92 Å². The van der Waals surface area contributed by atoms with Gasteiger partial charge in [0, 0.05) is 23.9 Å². The molecule has 0 aromatic heterocycles. The zero-order valence-electron chi connectivity index (χ0n) is 17.5. The molecule has 0 bridgehead atoms. The highest BCUT2D eigenvalue weighted by Crippen LogP contribution is 2.29. The molecule has 162 valence electrons. The molecule has 0 saturated heterocycles. The number of rotatable bonds is 5. The predicted molar refractivity (Wildman–Crippen MR) is 123 cm³/mol. The molecule has 2 N–H and O–H groups in total. The molecule has 3 aromatic rings. The number of carbonyl (C=O) groups excluding carboxylic acids is 2. The van der Waals surface area contributed by atoms with Crippen LogP contribution in [0, 0.1) is 0 Å². The van der Waals surface area contributed by atoms with Crippen molar-refractivity contribution in [2.24, 2.45) is 4.99 Å². The second-order valence-electron chi connectivity index (χ2n) is 7.29. The molecule has 0 saturated carbocycles. The number of amides is 2. The molecule has 7 nitrogen and oxygen atoms in total. The lowest BCUT2D eigenvalue weighted by Crippen LogP contribution is -2.37. The number of hydrogen-bond acceptors (Lipinski definition) is 5. The summed E-state index contributed by atoms with van der Waals surface area (Å²) < 4.78 is 11.9. The molecule has 0 fully saturated rings. The van der Waals surface area contributed by atoms with Crippen LogP contribution in [0.25, 0.3) is 0 Å². The minimum absolute atomic E-state index is 0.137. The lowest BCUT2D eigenvalue weighted by atomic mass is 10.0. The molecule has 32 heavy (non-hydrogen) atoms. The molecule has 0 radical (unpaired) electrons. The second-order valence-corrected chi connectivity index (χ2v) is 7.29. The third-order valence-corrected chi connectivity index (χ3v) is 4.85. The largest absolute Gasteiger partial charge is 0.465 e. The Bertz CT molecular complexity index is 1100. The molecule has 4 rings (SSSR count). The fraction of sp³-hybridized carbons (Fsp3) is 0.160. The highest BCUT2D eigenvalue weighted by Gasteiger charge is 2.33. The Balaban J connectivity index is 1.52. The molecule has 2 amide bonds. The molecule has 1 aliphatic rings. The number of nitrogens with one attached hydrogen (secondary N) is 2. The lowest BCUT2D eigenvalue weighted by molar-refractivity contribution is -0.114. The first-order chi connectivity index (χ1) is 15.6. The van der Waals surface area contributed by atoms with Crippen LogP contribution in [0.4, 0.5) is 16.2 Å². The molecule has 3 aromatic carbocycles. The van der Waals surface area contributed by atoms with Crippen LogP contribution in [0.1, 0.15) is 24.2 Å². The maximum Gasteiger partial charge on any atom is 0.412 e. The minimum atomic E-state index is -0.594. The van der Waals surface area contributed by atoms with Gasteiger partial charge in [0.05, 0.1) is 6.54 Å². The van der Waals surface area contributed by atoms with Crippen LogP contribution in [-0.4, -0.2) is 30.5 Å². The van der Waals surface area contributed by atoms with Gasteiger partial charge in [-0.3, -0.25) is 10.1 Å². The zero-order valence-corrected chi connectivity index (χ0v) is 17.5. The van der Waals surface area contributed by atoms with E-state index in [9.17, 15) is 9.59 Å². The van der Waals surface area contributed by atoms with Gasteiger partial charge in [0.25, 0.3) is 0 Å². The Labute approximate surface area is 186 Å². The van der Waals surface area contributed by atoms with Crippen LogP contribution < -0.4 is 10.6 Å². The van der Waals surface area contributed by atoms with Gasteiger partial charge in [-0.15, -0.1) is 0 Å². The van der Waals surface area contributed by atoms with Crippen LogP contribution in [0.3, 0.4) is 0 Å². The fourth-order valence-electron chi connectivity index (χ4n) is 3.39. The van der Waals surface area contributed by atoms with Gasteiger partial charge in [0.1, 0.15) is 0 Å². The number of aliphatic imine (C=N–C) groups is 1. The third-order valence-electron chi connectivity index (χ3n) is 4.85. The molecular formula is C25H23N3O4. The van der Waals surface area contributed by atoms with E-state index in [1.807, 2.05) is 60.7 Å². The van der Waals surface area contributed by atoms with Gasteiger partial charge in [-0.2, -0.15) is 0 Å². The van der Waals surface area contributed by atoms with E-state index < -0.39 is 18.3 Å². The smallest absolute Gasteiger partial charge is 0.412 e. The Morgan fingerprint density at radius 1 is 0.875 bits per heavy atom. The Morgan fingerprint density at radius 3 is 2.16 bits per heavy atom. The van der Waals surface area contributed by atoms with E-state index >= 15 is 0 Å². The van der Waals surface area contributed by atoms with Gasteiger partial charge < -0.3 is 14.8 Å². The van der Waals surface area contributed by atoms with Gasteiger partial charge in [-0.1, -0.05) is 48.5 Å². The first kappa shape index (κ1) is 21.1. The Kier molecular flexibility index (Phi) is 6.46. The maximum atomic E-state index is 12.5. The highest BCUT2D eigenvalue weighted by molar-refractivity contribution is 5.96. The summed E-state index contributed by atoms with van der Waals surface area (Å²) in [6.07, 6.45) is -1.67. The van der Waals surface area contributed by atoms with E-state index in [1.54, 1.807) is 24.3 Å². The van der Waals surface area contributed by atoms with Crippen molar-refractivity contribution < 1.29 is 19.1 Å². The van der Waals surface area contributed by atoms with Crippen molar-refractivity contribution in [1.29, 1.82) is 0 Å². The molecule has 7 heteroatoms. The van der Waals surface area contributed by atoms with Crippen LogP contribution in [0.5, 0.6) is 0 Å². The first-order valence-corrected chi connectivity index (χ1v) is 10.3. The van der Waals surface area contributed by atoms with E-state index in [0.717, 1.165) is 11.1 Å². The molecule has 1 aliphatic heterocycles. The summed E-state index contributed by atoms with van der Waals surface area (Å²) >= 11 is 0. The number of nitrogens with zero attached hydrogens (tertiary/aromatic N) is 1. The van der Waals surface area contributed by atoms with Crippen LogP contribution in [0.15, 0.2) is 89.9 Å². The van der Waals surface area contributed by atoms with E-state index in [4.69, 9.17) is 9.47 Å². The monoisotopic (exact) mass is 429 g/mol. The number of carbonyl (C=O) groups is 2. The molecule has 0 spiro atoms. The molecule has 0 aliphatic carbocycles. The van der Waals surface area contributed by atoms with Gasteiger partial charge in [-0.05, 0) is 42.0 Å². The number of para-hydroxylation sites is 1. The van der Waals surface area contributed by atoms with Crippen molar-refractivity contribution in [3.05, 3.63) is 96.1 Å². The van der Waals surface area contributed by atoms with Gasteiger partial charge in [0.2, 0.25) is 11.8 Å². The minimum Gasteiger partial charge on any atom is -0.465 e. The highest BCUT2D eigenvalue weighted by atomic mass is 16.6. The summed E-state index contributed by atoms with van der Waals surface area (Å²) in [5.74, 6) is 0.318. The van der Waals surface area contributed by atoms with E-state index in [-0.39, 0.29) is 12.5 Å². The van der Waals surface area contributed by atoms with Crippen LogP contribution >= 0.6 is 0 Å². The van der Waals surface area contributed by atoms with Gasteiger partial charge in [-0.25, -0.2) is 9.79 Å². The standard InChI is InChI=1S/C25H23N3O4/c1-17(29)27-21-14-12-19(13-15-21)24-26-16-22(23(32-24)18-8-4-2-5-9-18)31-25(30)28-20-10-6-3-7-11-20/h2-15,22-23H,16H2,1H3,(H,27,29)(H,28,30). The third kappa shape index (κ3) is 5.31. The summed E-state index contributed by atoms with van der Waals surface area (Å²) in [6, 6.07) is 25.9. The SMILES string of the molecule is CC(=O)Nc1ccc(C2=NCC(OC(=O)Nc3ccccc3)C(c3ccccc3)O2)cc1. The van der Waals surface area contributed by atoms with Crippen molar-refractivity contribution in [3.8, 4) is 0 Å². The molecule has 2 unspecified atom stereocenters. The lowest BCUT2D eigenvalue weighted by Gasteiger charge is -2.31. The summed E-state index contributed by atoms with van der Waals surface area (Å²) in [4.78, 5) is 28.2. The predicted octanol–water partition coefficient (Wildman–Crippen LogP) is 4.78. The van der Waals surface area contributed by atoms with Gasteiger partial charge in [0.15, 0.2) is 12.2 Å². The summed E-state index contributed by atoms with van der Waals surface area (Å²) in [5.41, 5.74) is 2.99. The van der Waals surface area contributed by atoms with Crippen molar-refractivity contribution >= 4 is 29.3 Å². The Hall–Kier alpha value is -4.13. The number of hydrogen-bond donors (Lipinski definition) is 2. The first-order valence-electron chi connectivity index (χ1n) is 10.3. The van der Waals surface area contributed by atoms with Crippen molar-refractivity contribution in [3.63, 3.8) is 0 Å². The van der Waals surface area contributed by atoms with Crippen molar-refractivity contribution in [1.82, 2.24) is 0 Å². The van der Waals surface area contributed by atoms with Crippen LogP contribution in [0.2, 0.25) is 0 Å². The van der Waals surface area contributed by atoms with E-state index in [2.05, 4.69) is 15.6 Å². The normalized spacial score (nSPS) is 17.5. The summed E-state index contributed by atoms with van der Waals surface area (Å²) in [6.45, 7) is 1.71. The average molecular weight is 429 g/mol. The Morgan fingerprint density at radius 2 is 1.50 bits per heavy atom. The topological polar surface area (TPSA) is 89.0 Å². The number of ether oxygens (including phenoxy) is 2. The fourth-order valence-corrected chi connectivity index (χ4v) is 3.39. The summed E-state index contributed by atoms with van der Waals surface area (Å²) in [5, 5.41) is 5.46. The second kappa shape index (κ2) is 9.78. The summed E-state index contributed by atoms with van der Waals surface area (Å²) in [7, 11) is 0. The van der Waals surface area contributed by atoms with Gasteiger partial charge >= 0.3 is 6.09 Å². The molecule has 1 heterocycles. The number of anilines is 2.